The summed E-state index contributed by atoms with van der Waals surface area (Å²) >= 11 is 0. The third-order valence-electron chi connectivity index (χ3n) is 4.61. The molecular weight excluding hydrogens is 280 g/mol. The average molecular weight is 300 g/mol. The summed E-state index contributed by atoms with van der Waals surface area (Å²) in [5.41, 5.74) is 0. The van der Waals surface area contributed by atoms with E-state index in [1.165, 1.54) is 12.2 Å². The van der Waals surface area contributed by atoms with Gasteiger partial charge in [-0.05, 0) is 19.3 Å². The van der Waals surface area contributed by atoms with Crippen molar-refractivity contribution in [3.05, 3.63) is 23.9 Å². The molecule has 2 aliphatic heterocycles. The van der Waals surface area contributed by atoms with Gasteiger partial charge in [0.1, 0.15) is 11.6 Å². The highest BCUT2D eigenvalue weighted by molar-refractivity contribution is 5.33. The zero-order chi connectivity index (χ0) is 14.9. The van der Waals surface area contributed by atoms with Gasteiger partial charge in [0.05, 0.1) is 7.11 Å². The van der Waals surface area contributed by atoms with E-state index >= 15 is 0 Å². The van der Waals surface area contributed by atoms with Crippen LogP contribution in [0.25, 0.3) is 0 Å². The maximum absolute atomic E-state index is 5.18. The monoisotopic (exact) mass is 300 g/mol. The van der Waals surface area contributed by atoms with Crippen LogP contribution < -0.4 is 9.64 Å². The molecule has 0 spiro atoms. The summed E-state index contributed by atoms with van der Waals surface area (Å²) in [4.78, 5) is 11.0. The molecule has 7 heteroatoms. The quantitative estimate of drug-likeness (QED) is 0.853. The van der Waals surface area contributed by atoms with Crippen molar-refractivity contribution < 1.29 is 4.74 Å². The lowest BCUT2D eigenvalue weighted by molar-refractivity contribution is 0.395. The number of ether oxygens (including phenoxy) is 1. The molecule has 0 amide bonds. The Morgan fingerprint density at radius 1 is 1.18 bits per heavy atom. The van der Waals surface area contributed by atoms with Crippen molar-refractivity contribution >= 4 is 5.95 Å². The second-order valence-electron chi connectivity index (χ2n) is 5.89. The highest BCUT2D eigenvalue weighted by Crippen LogP contribution is 2.30. The Balaban J connectivity index is 1.46. The normalized spacial score (nSPS) is 18.5. The minimum absolute atomic E-state index is 0.501. The summed E-state index contributed by atoms with van der Waals surface area (Å²) < 4.78 is 7.50. The van der Waals surface area contributed by atoms with Crippen LogP contribution >= 0.6 is 0 Å². The topological polar surface area (TPSA) is 69.0 Å². The molecule has 0 radical (unpaired) electrons. The number of nitrogens with zero attached hydrogens (tertiary/aromatic N) is 6. The van der Waals surface area contributed by atoms with Gasteiger partial charge >= 0.3 is 0 Å². The Bertz CT molecular complexity index is 662. The van der Waals surface area contributed by atoms with Crippen molar-refractivity contribution in [3.63, 3.8) is 0 Å². The molecule has 4 rings (SSSR count). The molecule has 2 aliphatic rings. The first-order chi connectivity index (χ1) is 10.8. The van der Waals surface area contributed by atoms with E-state index in [-0.39, 0.29) is 0 Å². The summed E-state index contributed by atoms with van der Waals surface area (Å²) in [7, 11) is 1.63. The summed E-state index contributed by atoms with van der Waals surface area (Å²) in [6, 6.07) is 1.77. The van der Waals surface area contributed by atoms with Gasteiger partial charge in [-0.2, -0.15) is 4.98 Å². The number of aryl methyl sites for hydroxylation is 1. The van der Waals surface area contributed by atoms with Crippen LogP contribution in [0.1, 0.15) is 36.8 Å². The molecule has 22 heavy (non-hydrogen) atoms. The third-order valence-corrected chi connectivity index (χ3v) is 4.61. The number of rotatable bonds is 3. The molecule has 0 atom stereocenters. The van der Waals surface area contributed by atoms with Crippen molar-refractivity contribution in [1.29, 1.82) is 0 Å². The van der Waals surface area contributed by atoms with Gasteiger partial charge in [0.25, 0.3) is 0 Å². The number of methoxy groups -OCH3 is 1. The first kappa shape index (κ1) is 13.5. The standard InChI is InChI=1S/C15H20N6O/c1-22-13-4-7-16-15(17-13)20-9-5-11(6-10-20)14-19-18-12-3-2-8-21(12)14/h4,7,11H,2-3,5-6,8-10H2,1H3. The van der Waals surface area contributed by atoms with Gasteiger partial charge in [-0.1, -0.05) is 0 Å². The molecule has 2 aromatic rings. The largest absolute Gasteiger partial charge is 0.481 e. The van der Waals surface area contributed by atoms with E-state index in [9.17, 15) is 0 Å². The number of anilines is 1. The average Bonchev–Trinajstić information content (AvgIpc) is 3.18. The van der Waals surface area contributed by atoms with Gasteiger partial charge in [-0.25, -0.2) is 4.98 Å². The number of piperidine rings is 1. The van der Waals surface area contributed by atoms with E-state index in [4.69, 9.17) is 4.74 Å². The van der Waals surface area contributed by atoms with Crippen molar-refractivity contribution in [3.8, 4) is 5.88 Å². The lowest BCUT2D eigenvalue weighted by Gasteiger charge is -2.31. The predicted octanol–water partition coefficient (Wildman–Crippen LogP) is 1.41. The van der Waals surface area contributed by atoms with Gasteiger partial charge < -0.3 is 14.2 Å². The molecule has 7 nitrogen and oxygen atoms in total. The van der Waals surface area contributed by atoms with E-state index in [1.807, 2.05) is 0 Å². The molecule has 0 aromatic carbocycles. The zero-order valence-corrected chi connectivity index (χ0v) is 12.8. The van der Waals surface area contributed by atoms with Crippen molar-refractivity contribution in [1.82, 2.24) is 24.7 Å². The first-order valence-electron chi connectivity index (χ1n) is 7.89. The molecule has 1 fully saturated rings. The second kappa shape index (κ2) is 5.55. The Morgan fingerprint density at radius 3 is 2.86 bits per heavy atom. The Labute approximate surface area is 129 Å². The van der Waals surface area contributed by atoms with Crippen LogP contribution in [0.5, 0.6) is 5.88 Å². The predicted molar refractivity (Wildman–Crippen MR) is 81.1 cm³/mol. The fraction of sp³-hybridized carbons (Fsp3) is 0.600. The SMILES string of the molecule is COc1ccnc(N2CCC(c3nnc4n3CCC4)CC2)n1. The first-order valence-corrected chi connectivity index (χ1v) is 7.89. The van der Waals surface area contributed by atoms with E-state index in [0.717, 1.165) is 50.7 Å². The van der Waals surface area contributed by atoms with Crippen LogP contribution in [0.15, 0.2) is 12.3 Å². The van der Waals surface area contributed by atoms with E-state index in [1.54, 1.807) is 19.4 Å². The number of aromatic nitrogens is 5. The molecule has 0 bridgehead atoms. The van der Waals surface area contributed by atoms with Crippen LogP contribution in [0.3, 0.4) is 0 Å². The maximum atomic E-state index is 5.18. The Hall–Kier alpha value is -2.18. The van der Waals surface area contributed by atoms with Gasteiger partial charge in [0.2, 0.25) is 11.8 Å². The number of fused-ring (bicyclic) bond motifs is 1. The van der Waals surface area contributed by atoms with Crippen molar-refractivity contribution in [2.75, 3.05) is 25.1 Å². The Morgan fingerprint density at radius 2 is 2.05 bits per heavy atom. The molecule has 2 aromatic heterocycles. The van der Waals surface area contributed by atoms with Crippen LogP contribution in [-0.2, 0) is 13.0 Å². The Kier molecular flexibility index (Phi) is 3.40. The summed E-state index contributed by atoms with van der Waals surface area (Å²) in [6.45, 7) is 2.97. The van der Waals surface area contributed by atoms with Crippen LogP contribution in [0.4, 0.5) is 5.95 Å². The fourth-order valence-electron chi connectivity index (χ4n) is 3.41. The smallest absolute Gasteiger partial charge is 0.228 e. The maximum Gasteiger partial charge on any atom is 0.228 e. The highest BCUT2D eigenvalue weighted by atomic mass is 16.5. The molecule has 4 heterocycles. The lowest BCUT2D eigenvalue weighted by atomic mass is 9.96. The summed E-state index contributed by atoms with van der Waals surface area (Å²) in [5.74, 6) is 4.21. The molecule has 0 saturated carbocycles. The summed E-state index contributed by atoms with van der Waals surface area (Å²) in [5, 5.41) is 8.76. The highest BCUT2D eigenvalue weighted by Gasteiger charge is 2.28. The van der Waals surface area contributed by atoms with Crippen LogP contribution in [0, 0.1) is 0 Å². The van der Waals surface area contributed by atoms with E-state index in [0.29, 0.717) is 11.8 Å². The van der Waals surface area contributed by atoms with Gasteiger partial charge in [-0.15, -0.1) is 10.2 Å². The van der Waals surface area contributed by atoms with E-state index < -0.39 is 0 Å². The van der Waals surface area contributed by atoms with Gasteiger partial charge in [0, 0.05) is 44.2 Å². The zero-order valence-electron chi connectivity index (χ0n) is 12.8. The van der Waals surface area contributed by atoms with Crippen LogP contribution in [0.2, 0.25) is 0 Å². The van der Waals surface area contributed by atoms with E-state index in [2.05, 4.69) is 29.6 Å². The fourth-order valence-corrected chi connectivity index (χ4v) is 3.41. The van der Waals surface area contributed by atoms with Crippen molar-refractivity contribution in [2.45, 2.75) is 38.1 Å². The van der Waals surface area contributed by atoms with Gasteiger partial charge in [0.15, 0.2) is 0 Å². The molecule has 1 saturated heterocycles. The minimum atomic E-state index is 0.501. The lowest BCUT2D eigenvalue weighted by Crippen LogP contribution is -2.34. The minimum Gasteiger partial charge on any atom is -0.481 e. The van der Waals surface area contributed by atoms with Gasteiger partial charge in [-0.3, -0.25) is 0 Å². The van der Waals surface area contributed by atoms with Crippen molar-refractivity contribution in [2.24, 2.45) is 0 Å². The molecule has 0 aliphatic carbocycles. The van der Waals surface area contributed by atoms with Crippen LogP contribution in [-0.4, -0.2) is 44.9 Å². The third kappa shape index (κ3) is 2.30. The molecule has 0 unspecified atom stereocenters. The number of hydrogen-bond donors (Lipinski definition) is 0. The number of hydrogen-bond acceptors (Lipinski definition) is 6. The second-order valence-corrected chi connectivity index (χ2v) is 5.89. The molecule has 116 valence electrons. The summed E-state index contributed by atoms with van der Waals surface area (Å²) in [6.07, 6.45) is 6.16. The molecular formula is C15H20N6O. The molecule has 0 N–H and O–H groups in total.